The molecule has 0 aliphatic carbocycles. The summed E-state index contributed by atoms with van der Waals surface area (Å²) in [4.78, 5) is 0. The third-order valence-electron chi connectivity index (χ3n) is 4.95. The Balaban J connectivity index is 1.75. The lowest BCUT2D eigenvalue weighted by atomic mass is 10.0. The van der Waals surface area contributed by atoms with Crippen molar-refractivity contribution in [2.75, 3.05) is 0 Å². The summed E-state index contributed by atoms with van der Waals surface area (Å²) in [6, 6.07) is 16.6. The first-order chi connectivity index (χ1) is 14.0. The fraction of sp³-hybridized carbons (Fsp3) is 0.130. The van der Waals surface area contributed by atoms with E-state index < -0.39 is 29.8 Å². The number of hydrogen-bond acceptors (Lipinski definition) is 2. The lowest BCUT2D eigenvalue weighted by Crippen LogP contribution is -2.25. The smallest absolute Gasteiger partial charge is 0.166 e. The Hall–Kier alpha value is -3.09. The Bertz CT molecular complexity index is 1170. The minimum atomic E-state index is -1.37. The van der Waals surface area contributed by atoms with Crippen molar-refractivity contribution >= 4 is 10.9 Å². The monoisotopic (exact) mass is 397 g/mol. The number of nitrogens with zero attached hydrogens (tertiary/aromatic N) is 1. The number of para-hydroxylation sites is 1. The van der Waals surface area contributed by atoms with Crippen LogP contribution in [0.15, 0.2) is 72.9 Å². The maximum atomic E-state index is 14.4. The number of hydrogen-bond donors (Lipinski definition) is 2. The maximum absolute atomic E-state index is 14.4. The number of aliphatic hydroxyl groups is 2. The summed E-state index contributed by atoms with van der Waals surface area (Å²) in [7, 11) is 0. The van der Waals surface area contributed by atoms with Gasteiger partial charge in [-0.3, -0.25) is 0 Å². The van der Waals surface area contributed by atoms with Gasteiger partial charge in [0.1, 0.15) is 11.9 Å². The predicted octanol–water partition coefficient (Wildman–Crippen LogP) is 4.82. The maximum Gasteiger partial charge on any atom is 0.166 e. The van der Waals surface area contributed by atoms with Crippen molar-refractivity contribution in [3.05, 3.63) is 95.9 Å². The summed E-state index contributed by atoms with van der Waals surface area (Å²) in [5.74, 6) is -2.38. The van der Waals surface area contributed by atoms with Gasteiger partial charge in [0.2, 0.25) is 0 Å². The van der Waals surface area contributed by atoms with Gasteiger partial charge in [0.15, 0.2) is 17.9 Å². The molecule has 2 N–H and O–H groups in total. The van der Waals surface area contributed by atoms with Crippen LogP contribution in [-0.2, 0) is 6.42 Å². The summed E-state index contributed by atoms with van der Waals surface area (Å²) >= 11 is 0. The lowest BCUT2D eigenvalue weighted by Gasteiger charge is -2.20. The third-order valence-corrected chi connectivity index (χ3v) is 4.95. The number of fused-ring (bicyclic) bond motifs is 1. The van der Waals surface area contributed by atoms with E-state index >= 15 is 0 Å². The average Bonchev–Trinajstić information content (AvgIpc) is 3.09. The van der Waals surface area contributed by atoms with Crippen molar-refractivity contribution in [3.8, 4) is 11.1 Å². The van der Waals surface area contributed by atoms with Crippen molar-refractivity contribution in [1.82, 2.24) is 4.57 Å². The summed E-state index contributed by atoms with van der Waals surface area (Å²) in [6.07, 6.45) is -1.09. The highest BCUT2D eigenvalue weighted by Gasteiger charge is 2.23. The molecule has 1 unspecified atom stereocenters. The number of halogens is 3. The molecular weight excluding hydrogens is 379 g/mol. The number of rotatable bonds is 5. The van der Waals surface area contributed by atoms with Crippen LogP contribution in [0.5, 0.6) is 0 Å². The van der Waals surface area contributed by atoms with Gasteiger partial charge in [-0.1, -0.05) is 42.5 Å². The van der Waals surface area contributed by atoms with Crippen molar-refractivity contribution in [3.63, 3.8) is 0 Å². The first-order valence-corrected chi connectivity index (χ1v) is 9.10. The molecule has 0 radical (unpaired) electrons. The van der Waals surface area contributed by atoms with E-state index in [-0.39, 0.29) is 12.0 Å². The van der Waals surface area contributed by atoms with Crippen molar-refractivity contribution < 1.29 is 23.4 Å². The molecule has 0 amide bonds. The summed E-state index contributed by atoms with van der Waals surface area (Å²) in [5, 5.41) is 21.9. The topological polar surface area (TPSA) is 45.4 Å². The molecule has 2 atom stereocenters. The fourth-order valence-electron chi connectivity index (χ4n) is 3.55. The van der Waals surface area contributed by atoms with Gasteiger partial charge in [-0.25, -0.2) is 13.2 Å². The Morgan fingerprint density at radius 2 is 1.59 bits per heavy atom. The van der Waals surface area contributed by atoms with Crippen LogP contribution in [0.4, 0.5) is 13.2 Å². The minimum Gasteiger partial charge on any atom is -0.388 e. The molecule has 0 saturated carbocycles. The quantitative estimate of drug-likeness (QED) is 0.507. The van der Waals surface area contributed by atoms with Gasteiger partial charge in [-0.05, 0) is 29.8 Å². The number of aromatic nitrogens is 1. The molecule has 0 saturated heterocycles. The Morgan fingerprint density at radius 3 is 2.38 bits per heavy atom. The Kier molecular flexibility index (Phi) is 5.13. The molecule has 0 fully saturated rings. The van der Waals surface area contributed by atoms with E-state index in [2.05, 4.69) is 0 Å². The van der Waals surface area contributed by atoms with Crippen molar-refractivity contribution in [1.29, 1.82) is 0 Å². The molecule has 148 valence electrons. The largest absolute Gasteiger partial charge is 0.388 e. The molecule has 0 bridgehead atoms. The molecule has 29 heavy (non-hydrogen) atoms. The van der Waals surface area contributed by atoms with Crippen molar-refractivity contribution in [2.45, 2.75) is 18.8 Å². The van der Waals surface area contributed by atoms with Gasteiger partial charge in [-0.15, -0.1) is 0 Å². The van der Waals surface area contributed by atoms with Crippen LogP contribution in [0.25, 0.3) is 22.0 Å². The van der Waals surface area contributed by atoms with Gasteiger partial charge in [0.05, 0.1) is 5.52 Å². The van der Waals surface area contributed by atoms with Crippen LogP contribution in [-0.4, -0.2) is 20.9 Å². The van der Waals surface area contributed by atoms with Crippen LogP contribution >= 0.6 is 0 Å². The van der Waals surface area contributed by atoms with E-state index in [9.17, 15) is 23.4 Å². The van der Waals surface area contributed by atoms with Crippen LogP contribution < -0.4 is 0 Å². The van der Waals surface area contributed by atoms with Gasteiger partial charge >= 0.3 is 0 Å². The molecule has 0 aliphatic rings. The first kappa shape index (κ1) is 19.2. The van der Waals surface area contributed by atoms with Gasteiger partial charge in [-0.2, -0.15) is 0 Å². The fourth-order valence-corrected chi connectivity index (χ4v) is 3.55. The molecule has 1 aromatic heterocycles. The predicted molar refractivity (Wildman–Crippen MR) is 105 cm³/mol. The van der Waals surface area contributed by atoms with E-state index in [4.69, 9.17) is 0 Å². The Labute approximate surface area is 165 Å². The highest BCUT2D eigenvalue weighted by Crippen LogP contribution is 2.35. The molecular formula is C23H18F3NO2. The van der Waals surface area contributed by atoms with E-state index in [1.807, 2.05) is 0 Å². The van der Waals surface area contributed by atoms with Crippen LogP contribution in [0.1, 0.15) is 11.8 Å². The number of aliphatic hydroxyl groups excluding tert-OH is 2. The van der Waals surface area contributed by atoms with Gasteiger partial charge < -0.3 is 14.8 Å². The minimum absolute atomic E-state index is 0.0229. The zero-order valence-electron chi connectivity index (χ0n) is 15.3. The van der Waals surface area contributed by atoms with Crippen LogP contribution in [0.3, 0.4) is 0 Å². The van der Waals surface area contributed by atoms with E-state index in [0.717, 1.165) is 6.07 Å². The van der Waals surface area contributed by atoms with Gasteiger partial charge in [0.25, 0.3) is 0 Å². The van der Waals surface area contributed by atoms with E-state index in [1.165, 1.54) is 41.1 Å². The molecule has 3 aromatic carbocycles. The zero-order chi connectivity index (χ0) is 20.5. The summed E-state index contributed by atoms with van der Waals surface area (Å²) in [5.41, 5.74) is 1.54. The average molecular weight is 397 g/mol. The van der Waals surface area contributed by atoms with Crippen LogP contribution in [0.2, 0.25) is 0 Å². The molecule has 0 aliphatic heterocycles. The van der Waals surface area contributed by atoms with Crippen LogP contribution in [0, 0.1) is 17.5 Å². The molecule has 4 rings (SSSR count). The molecule has 3 nitrogen and oxygen atoms in total. The number of benzene rings is 3. The Morgan fingerprint density at radius 1 is 0.828 bits per heavy atom. The molecule has 0 spiro atoms. The highest BCUT2D eigenvalue weighted by atomic mass is 19.2. The van der Waals surface area contributed by atoms with E-state index in [1.54, 1.807) is 30.3 Å². The summed E-state index contributed by atoms with van der Waals surface area (Å²) in [6.45, 7) is 0. The van der Waals surface area contributed by atoms with Crippen molar-refractivity contribution in [2.24, 2.45) is 0 Å². The normalized spacial score (nSPS) is 13.6. The molecule has 4 aromatic rings. The first-order valence-electron chi connectivity index (χ1n) is 9.10. The molecule has 1 heterocycles. The zero-order valence-corrected chi connectivity index (χ0v) is 15.3. The second-order valence-electron chi connectivity index (χ2n) is 6.88. The lowest BCUT2D eigenvalue weighted by molar-refractivity contribution is -0.0247. The standard InChI is InChI=1S/C23H18F3NO2/c24-15-6-3-5-14(11-15)12-21(28)23(29)27-13-18(16-7-1-2-10-20(16)27)17-8-4-9-19(25)22(17)26/h1-11,13,21,23,28-29H,12H2/t21-,23?/m0/s1. The second kappa shape index (κ2) is 7.73. The van der Waals surface area contributed by atoms with E-state index in [0.29, 0.717) is 22.0 Å². The summed E-state index contributed by atoms with van der Waals surface area (Å²) < 4.78 is 42.9. The highest BCUT2D eigenvalue weighted by molar-refractivity contribution is 5.96. The SMILES string of the molecule is OC([C@@H](O)Cc1cccc(F)c1)n1cc(-c2cccc(F)c2F)c2ccccc21. The molecule has 6 heteroatoms. The third kappa shape index (κ3) is 3.64. The second-order valence-corrected chi connectivity index (χ2v) is 6.88. The van der Waals surface area contributed by atoms with Gasteiger partial charge in [0, 0.05) is 29.1 Å².